The van der Waals surface area contributed by atoms with Crippen molar-refractivity contribution in [3.05, 3.63) is 88.0 Å². The van der Waals surface area contributed by atoms with Gasteiger partial charge in [0.1, 0.15) is 17.6 Å². The molecule has 0 bridgehead atoms. The Balaban J connectivity index is 1.38. The number of aliphatic carboxylic acids is 1. The summed E-state index contributed by atoms with van der Waals surface area (Å²) in [4.78, 5) is 11.9. The molecule has 1 N–H and O–H groups in total. The summed E-state index contributed by atoms with van der Waals surface area (Å²) in [5.41, 5.74) is 5.93. The quantitative estimate of drug-likeness (QED) is 0.509. The van der Waals surface area contributed by atoms with Crippen molar-refractivity contribution in [3.8, 4) is 17.6 Å². The SMILES string of the molecule is CS(=O)c1ccc(Cc2c(C#N)ccc3c2CCC3Oc2ccc3c(c2)OCC3CC(=O)O)cc1. The zero-order valence-electron chi connectivity index (χ0n) is 19.3. The van der Waals surface area contributed by atoms with Crippen LogP contribution in [-0.4, -0.2) is 28.1 Å². The minimum absolute atomic E-state index is 0.0479. The smallest absolute Gasteiger partial charge is 0.304 e. The predicted molar refractivity (Wildman–Crippen MR) is 131 cm³/mol. The fourth-order valence-corrected chi connectivity index (χ4v) is 5.56. The number of fused-ring (bicyclic) bond motifs is 2. The molecule has 0 aromatic heterocycles. The number of nitrogens with zero attached hydrogens (tertiary/aromatic N) is 1. The van der Waals surface area contributed by atoms with Crippen molar-refractivity contribution >= 4 is 16.8 Å². The van der Waals surface area contributed by atoms with E-state index in [0.29, 0.717) is 30.1 Å². The topological polar surface area (TPSA) is 96.6 Å². The summed E-state index contributed by atoms with van der Waals surface area (Å²) in [6, 6.07) is 19.5. The van der Waals surface area contributed by atoms with Crippen molar-refractivity contribution in [1.29, 1.82) is 5.26 Å². The average Bonchev–Trinajstić information content (AvgIpc) is 3.43. The van der Waals surface area contributed by atoms with E-state index in [-0.39, 0.29) is 18.4 Å². The maximum Gasteiger partial charge on any atom is 0.304 e. The van der Waals surface area contributed by atoms with Gasteiger partial charge in [-0.15, -0.1) is 0 Å². The first-order chi connectivity index (χ1) is 16.9. The molecule has 6 nitrogen and oxygen atoms in total. The molecule has 0 amide bonds. The molecular formula is C28H25NO5S. The maximum absolute atomic E-state index is 11.7. The van der Waals surface area contributed by atoms with Crippen LogP contribution >= 0.6 is 0 Å². The second-order valence-corrected chi connectivity index (χ2v) is 10.4. The number of nitriles is 1. The molecule has 7 heteroatoms. The van der Waals surface area contributed by atoms with Gasteiger partial charge in [-0.3, -0.25) is 9.00 Å². The normalized spacial score (nSPS) is 18.7. The first kappa shape index (κ1) is 23.1. The van der Waals surface area contributed by atoms with E-state index in [2.05, 4.69) is 6.07 Å². The van der Waals surface area contributed by atoms with Crippen LogP contribution in [-0.2, 0) is 28.4 Å². The van der Waals surface area contributed by atoms with Crippen LogP contribution in [0.3, 0.4) is 0 Å². The van der Waals surface area contributed by atoms with Gasteiger partial charge in [-0.1, -0.05) is 24.3 Å². The molecule has 3 unspecified atom stereocenters. The third-order valence-corrected chi connectivity index (χ3v) is 7.73. The number of carboxylic acid groups (broad SMARTS) is 1. The first-order valence-electron chi connectivity index (χ1n) is 11.5. The van der Waals surface area contributed by atoms with E-state index in [9.17, 15) is 14.3 Å². The molecule has 0 radical (unpaired) electrons. The van der Waals surface area contributed by atoms with Gasteiger partial charge in [-0.05, 0) is 65.8 Å². The minimum atomic E-state index is -1.02. The molecule has 0 fully saturated rings. The van der Waals surface area contributed by atoms with E-state index in [4.69, 9.17) is 14.6 Å². The maximum atomic E-state index is 11.7. The lowest BCUT2D eigenvalue weighted by Gasteiger charge is -2.17. The Bertz CT molecular complexity index is 1360. The van der Waals surface area contributed by atoms with Gasteiger partial charge in [0.05, 0.1) is 24.7 Å². The Morgan fingerprint density at radius 2 is 1.94 bits per heavy atom. The fraction of sp³-hybridized carbons (Fsp3) is 0.286. The number of carboxylic acids is 1. The summed E-state index contributed by atoms with van der Waals surface area (Å²) in [7, 11) is -1.02. The lowest BCUT2D eigenvalue weighted by Crippen LogP contribution is -2.07. The van der Waals surface area contributed by atoms with Crippen LogP contribution in [0.25, 0.3) is 0 Å². The summed E-state index contributed by atoms with van der Waals surface area (Å²) < 4.78 is 23.8. The van der Waals surface area contributed by atoms with E-state index in [0.717, 1.165) is 45.6 Å². The molecule has 0 saturated carbocycles. The van der Waals surface area contributed by atoms with Gasteiger partial charge in [-0.2, -0.15) is 5.26 Å². The van der Waals surface area contributed by atoms with Gasteiger partial charge < -0.3 is 14.6 Å². The van der Waals surface area contributed by atoms with Crippen LogP contribution in [0.2, 0.25) is 0 Å². The molecule has 3 aromatic carbocycles. The van der Waals surface area contributed by atoms with E-state index in [1.807, 2.05) is 54.6 Å². The Morgan fingerprint density at radius 3 is 2.66 bits per heavy atom. The predicted octanol–water partition coefficient (Wildman–Crippen LogP) is 4.90. The third-order valence-electron chi connectivity index (χ3n) is 6.79. The summed E-state index contributed by atoms with van der Waals surface area (Å²) >= 11 is 0. The molecule has 178 valence electrons. The molecule has 1 aliphatic carbocycles. The lowest BCUT2D eigenvalue weighted by atomic mass is 9.92. The molecule has 3 aromatic rings. The van der Waals surface area contributed by atoms with Crippen LogP contribution < -0.4 is 9.47 Å². The monoisotopic (exact) mass is 487 g/mol. The second-order valence-electron chi connectivity index (χ2n) is 9.00. The Labute approximate surface area is 206 Å². The standard InChI is InChI=1S/C28H25NO5S/c1-35(32)21-6-2-17(3-7-21)12-25-18(15-29)4-8-24-23(25)10-11-26(24)34-20-5-9-22-19(13-28(30)31)16-33-27(22)14-20/h2-9,14,19,26H,10-13,16H2,1H3,(H,30,31). The number of carbonyl (C=O) groups is 1. The molecule has 2 aliphatic rings. The number of hydrogen-bond acceptors (Lipinski definition) is 5. The van der Waals surface area contributed by atoms with Gasteiger partial charge in [-0.25, -0.2) is 0 Å². The van der Waals surface area contributed by atoms with E-state index in [1.165, 1.54) is 0 Å². The molecule has 1 aliphatic heterocycles. The van der Waals surface area contributed by atoms with Crippen LogP contribution in [0.5, 0.6) is 11.5 Å². The van der Waals surface area contributed by atoms with Gasteiger partial charge in [0, 0.05) is 39.5 Å². The van der Waals surface area contributed by atoms with E-state index < -0.39 is 16.8 Å². The van der Waals surface area contributed by atoms with Gasteiger partial charge >= 0.3 is 5.97 Å². The summed E-state index contributed by atoms with van der Waals surface area (Å²) in [6.07, 6.45) is 3.85. The van der Waals surface area contributed by atoms with Crippen molar-refractivity contribution in [2.45, 2.75) is 42.6 Å². The minimum Gasteiger partial charge on any atom is -0.492 e. The van der Waals surface area contributed by atoms with Gasteiger partial charge in [0.2, 0.25) is 0 Å². The van der Waals surface area contributed by atoms with Crippen molar-refractivity contribution < 1.29 is 23.6 Å². The Morgan fingerprint density at radius 1 is 1.17 bits per heavy atom. The average molecular weight is 488 g/mol. The molecule has 1 heterocycles. The third kappa shape index (κ3) is 4.67. The van der Waals surface area contributed by atoms with Gasteiger partial charge in [0.15, 0.2) is 0 Å². The highest BCUT2D eigenvalue weighted by Crippen LogP contribution is 2.42. The lowest BCUT2D eigenvalue weighted by molar-refractivity contribution is -0.137. The summed E-state index contributed by atoms with van der Waals surface area (Å²) in [5, 5.41) is 18.9. The fourth-order valence-electron chi connectivity index (χ4n) is 5.05. The molecule has 0 spiro atoms. The highest BCUT2D eigenvalue weighted by Gasteiger charge is 2.30. The Hall–Kier alpha value is -3.63. The summed E-state index contributed by atoms with van der Waals surface area (Å²) in [5.74, 6) is 0.399. The number of rotatable bonds is 7. The molecule has 0 saturated heterocycles. The number of hydrogen-bond donors (Lipinski definition) is 1. The van der Waals surface area contributed by atoms with Crippen LogP contribution in [0.4, 0.5) is 0 Å². The van der Waals surface area contributed by atoms with Crippen molar-refractivity contribution in [2.24, 2.45) is 0 Å². The molecular weight excluding hydrogens is 462 g/mol. The van der Waals surface area contributed by atoms with E-state index in [1.54, 1.807) is 6.26 Å². The number of benzene rings is 3. The first-order valence-corrected chi connectivity index (χ1v) is 13.1. The zero-order chi connectivity index (χ0) is 24.5. The summed E-state index contributed by atoms with van der Waals surface area (Å²) in [6.45, 7) is 0.368. The van der Waals surface area contributed by atoms with Crippen LogP contribution in [0.15, 0.2) is 59.5 Å². The van der Waals surface area contributed by atoms with E-state index >= 15 is 0 Å². The largest absolute Gasteiger partial charge is 0.492 e. The zero-order valence-corrected chi connectivity index (χ0v) is 20.1. The van der Waals surface area contributed by atoms with Crippen molar-refractivity contribution in [2.75, 3.05) is 12.9 Å². The van der Waals surface area contributed by atoms with Gasteiger partial charge in [0.25, 0.3) is 0 Å². The highest BCUT2D eigenvalue weighted by atomic mass is 32.2. The van der Waals surface area contributed by atoms with Crippen molar-refractivity contribution in [3.63, 3.8) is 0 Å². The number of ether oxygens (including phenoxy) is 2. The second kappa shape index (κ2) is 9.55. The molecule has 35 heavy (non-hydrogen) atoms. The molecule has 5 rings (SSSR count). The molecule has 3 atom stereocenters. The van der Waals surface area contributed by atoms with Crippen LogP contribution in [0, 0.1) is 11.3 Å². The highest BCUT2D eigenvalue weighted by molar-refractivity contribution is 7.84. The Kier molecular flexibility index (Phi) is 6.31. The van der Waals surface area contributed by atoms with Crippen molar-refractivity contribution in [1.82, 2.24) is 0 Å². The van der Waals surface area contributed by atoms with Crippen LogP contribution in [0.1, 0.15) is 58.2 Å².